The van der Waals surface area contributed by atoms with Crippen LogP contribution >= 0.6 is 22.6 Å². The molecule has 5 nitrogen and oxygen atoms in total. The first kappa shape index (κ1) is 15.8. The van der Waals surface area contributed by atoms with Gasteiger partial charge in [0.05, 0.1) is 0 Å². The van der Waals surface area contributed by atoms with E-state index in [1.807, 2.05) is 39.1 Å². The summed E-state index contributed by atoms with van der Waals surface area (Å²) in [5, 5.41) is 3.62. The summed E-state index contributed by atoms with van der Waals surface area (Å²) in [4.78, 5) is 26.1. The molecule has 112 valence electrons. The van der Waals surface area contributed by atoms with Gasteiger partial charge in [-0.1, -0.05) is 0 Å². The Morgan fingerprint density at radius 2 is 2.05 bits per heavy atom. The number of ether oxygens (including phenoxy) is 1. The smallest absolute Gasteiger partial charge is 0.412 e. The molecule has 2 rings (SSSR count). The topological polar surface area (TPSA) is 71.2 Å². The van der Waals surface area contributed by atoms with Crippen molar-refractivity contribution in [2.75, 3.05) is 5.32 Å². The number of fused-ring (bicyclic) bond motifs is 1. The maximum absolute atomic E-state index is 11.8. The van der Waals surface area contributed by atoms with Crippen molar-refractivity contribution >= 4 is 49.1 Å². The number of hydrogen-bond acceptors (Lipinski definition) is 3. The van der Waals surface area contributed by atoms with E-state index < -0.39 is 11.7 Å². The number of benzene rings is 1. The van der Waals surface area contributed by atoms with E-state index in [9.17, 15) is 9.59 Å². The minimum absolute atomic E-state index is 0.0685. The number of halogens is 1. The zero-order chi connectivity index (χ0) is 15.6. The Bertz CT molecular complexity index is 686. The minimum atomic E-state index is -0.541. The summed E-state index contributed by atoms with van der Waals surface area (Å²) in [6.45, 7) is 5.43. The quantitative estimate of drug-likeness (QED) is 0.604. The molecule has 0 fully saturated rings. The molecular formula is C15H17IN2O3. The molecule has 0 aliphatic rings. The standard InChI is InChI=1S/C15H17IN2O3/c1-15(2,3)21-14(20)18-10-4-5-12-11(7-10)9(8-17-12)6-13(16)19/h4-5,7-8,17H,6H2,1-3H3,(H,18,20). The lowest BCUT2D eigenvalue weighted by molar-refractivity contribution is -0.108. The average Bonchev–Trinajstić information content (AvgIpc) is 2.68. The molecular weight excluding hydrogens is 383 g/mol. The summed E-state index contributed by atoms with van der Waals surface area (Å²) in [6.07, 6.45) is 1.68. The van der Waals surface area contributed by atoms with Crippen LogP contribution in [0.3, 0.4) is 0 Å². The van der Waals surface area contributed by atoms with E-state index in [2.05, 4.69) is 10.3 Å². The normalized spacial score (nSPS) is 11.4. The predicted molar refractivity (Wildman–Crippen MR) is 90.9 cm³/mol. The number of carbonyl (C=O) groups excluding carboxylic acids is 2. The molecule has 6 heteroatoms. The van der Waals surface area contributed by atoms with Crippen molar-refractivity contribution < 1.29 is 14.3 Å². The van der Waals surface area contributed by atoms with E-state index in [0.29, 0.717) is 12.1 Å². The van der Waals surface area contributed by atoms with Gasteiger partial charge in [0, 0.05) is 29.2 Å². The molecule has 0 aliphatic heterocycles. The summed E-state index contributed by atoms with van der Waals surface area (Å²) in [6, 6.07) is 5.49. The summed E-state index contributed by atoms with van der Waals surface area (Å²) in [5.74, 6) is 0. The molecule has 2 N–H and O–H groups in total. The molecule has 1 amide bonds. The first-order valence-electron chi connectivity index (χ1n) is 6.53. The lowest BCUT2D eigenvalue weighted by Gasteiger charge is -2.19. The van der Waals surface area contributed by atoms with Gasteiger partial charge in [-0.05, 0) is 67.1 Å². The van der Waals surface area contributed by atoms with Gasteiger partial charge < -0.3 is 9.72 Å². The summed E-state index contributed by atoms with van der Waals surface area (Å²) >= 11 is 1.78. The molecule has 0 spiro atoms. The predicted octanol–water partition coefficient (Wildman–Crippen LogP) is 4.02. The van der Waals surface area contributed by atoms with Crippen LogP contribution in [-0.4, -0.2) is 20.5 Å². The lowest BCUT2D eigenvalue weighted by Crippen LogP contribution is -2.27. The van der Waals surface area contributed by atoms with Crippen molar-refractivity contribution in [1.82, 2.24) is 4.98 Å². The Labute approximate surface area is 136 Å². The molecule has 0 saturated heterocycles. The molecule has 0 unspecified atom stereocenters. The van der Waals surface area contributed by atoms with E-state index in [1.54, 1.807) is 28.7 Å². The van der Waals surface area contributed by atoms with Gasteiger partial charge in [0.1, 0.15) is 5.60 Å². The van der Waals surface area contributed by atoms with Crippen LogP contribution in [0.25, 0.3) is 10.9 Å². The van der Waals surface area contributed by atoms with Crippen LogP contribution in [0.5, 0.6) is 0 Å². The third-order valence-electron chi connectivity index (χ3n) is 2.74. The van der Waals surface area contributed by atoms with Crippen LogP contribution in [0.15, 0.2) is 24.4 Å². The first-order chi connectivity index (χ1) is 9.74. The average molecular weight is 400 g/mol. The van der Waals surface area contributed by atoms with Gasteiger partial charge in [0.2, 0.25) is 0 Å². The molecule has 0 saturated carbocycles. The second-order valence-corrected chi connectivity index (χ2v) is 6.94. The summed E-state index contributed by atoms with van der Waals surface area (Å²) in [7, 11) is 0. The number of hydrogen-bond donors (Lipinski definition) is 2. The first-order valence-corrected chi connectivity index (χ1v) is 7.61. The van der Waals surface area contributed by atoms with E-state index in [4.69, 9.17) is 4.74 Å². The molecule has 0 atom stereocenters. The monoisotopic (exact) mass is 400 g/mol. The van der Waals surface area contributed by atoms with Gasteiger partial charge in [-0.3, -0.25) is 10.1 Å². The van der Waals surface area contributed by atoms with Crippen LogP contribution in [0, 0.1) is 0 Å². The van der Waals surface area contributed by atoms with Gasteiger partial charge in [-0.15, -0.1) is 0 Å². The maximum atomic E-state index is 11.8. The summed E-state index contributed by atoms with van der Waals surface area (Å²) in [5.41, 5.74) is 1.94. The highest BCUT2D eigenvalue weighted by atomic mass is 127. The largest absolute Gasteiger partial charge is 0.444 e. The third kappa shape index (κ3) is 4.45. The summed E-state index contributed by atoms with van der Waals surface area (Å²) < 4.78 is 5.29. The maximum Gasteiger partial charge on any atom is 0.412 e. The Morgan fingerprint density at radius 3 is 2.67 bits per heavy atom. The number of H-pyrrole nitrogens is 1. The number of aromatic amines is 1. The fraction of sp³-hybridized carbons (Fsp3) is 0.333. The van der Waals surface area contributed by atoms with Crippen molar-refractivity contribution in [3.8, 4) is 0 Å². The van der Waals surface area contributed by atoms with Crippen LogP contribution in [0.2, 0.25) is 0 Å². The Hall–Kier alpha value is -1.57. The zero-order valence-electron chi connectivity index (χ0n) is 12.1. The molecule has 2 aromatic rings. The van der Waals surface area contributed by atoms with Crippen molar-refractivity contribution in [2.45, 2.75) is 32.8 Å². The Kier molecular flexibility index (Phi) is 4.55. The highest BCUT2D eigenvalue weighted by Gasteiger charge is 2.16. The second kappa shape index (κ2) is 6.05. The van der Waals surface area contributed by atoms with Gasteiger partial charge in [-0.2, -0.15) is 0 Å². The molecule has 1 heterocycles. The molecule has 0 bridgehead atoms. The van der Waals surface area contributed by atoms with Crippen molar-refractivity contribution in [3.63, 3.8) is 0 Å². The fourth-order valence-corrected chi connectivity index (χ4v) is 2.38. The number of amides is 1. The molecule has 0 radical (unpaired) electrons. The zero-order valence-corrected chi connectivity index (χ0v) is 14.3. The Morgan fingerprint density at radius 1 is 1.33 bits per heavy atom. The molecule has 1 aromatic heterocycles. The van der Waals surface area contributed by atoms with E-state index >= 15 is 0 Å². The number of nitrogens with one attached hydrogen (secondary N) is 2. The molecule has 1 aromatic carbocycles. The third-order valence-corrected chi connectivity index (χ3v) is 3.12. The highest BCUT2D eigenvalue weighted by molar-refractivity contribution is 14.1. The lowest BCUT2D eigenvalue weighted by atomic mass is 10.1. The van der Waals surface area contributed by atoms with Crippen LogP contribution < -0.4 is 5.32 Å². The Balaban J connectivity index is 2.21. The second-order valence-electron chi connectivity index (χ2n) is 5.73. The SMILES string of the molecule is CC(C)(C)OC(=O)Nc1ccc2[nH]cc(CC(=O)I)c2c1. The molecule has 0 aliphatic carbocycles. The van der Waals surface area contributed by atoms with Crippen LogP contribution in [0.1, 0.15) is 26.3 Å². The minimum Gasteiger partial charge on any atom is -0.444 e. The van der Waals surface area contributed by atoms with Gasteiger partial charge in [0.15, 0.2) is 3.79 Å². The number of anilines is 1. The van der Waals surface area contributed by atoms with Crippen molar-refractivity contribution in [1.29, 1.82) is 0 Å². The van der Waals surface area contributed by atoms with Crippen molar-refractivity contribution in [3.05, 3.63) is 30.0 Å². The fourth-order valence-electron chi connectivity index (χ4n) is 1.97. The van der Waals surface area contributed by atoms with Crippen LogP contribution in [0.4, 0.5) is 10.5 Å². The molecule has 21 heavy (non-hydrogen) atoms. The number of carbonyl (C=O) groups is 2. The number of aromatic nitrogens is 1. The number of rotatable bonds is 3. The van der Waals surface area contributed by atoms with E-state index in [0.717, 1.165) is 16.5 Å². The van der Waals surface area contributed by atoms with Gasteiger partial charge >= 0.3 is 6.09 Å². The van der Waals surface area contributed by atoms with Crippen molar-refractivity contribution in [2.24, 2.45) is 0 Å². The highest BCUT2D eigenvalue weighted by Crippen LogP contribution is 2.24. The van der Waals surface area contributed by atoms with Crippen LogP contribution in [-0.2, 0) is 16.0 Å². The van der Waals surface area contributed by atoms with E-state index in [1.165, 1.54) is 0 Å². The van der Waals surface area contributed by atoms with E-state index in [-0.39, 0.29) is 3.79 Å². The van der Waals surface area contributed by atoms with Gasteiger partial charge in [0.25, 0.3) is 0 Å². The van der Waals surface area contributed by atoms with Gasteiger partial charge in [-0.25, -0.2) is 4.79 Å².